The quantitative estimate of drug-likeness (QED) is 0.0307. The minimum absolute atomic E-state index is 0.136. The monoisotopic (exact) mass is 704 g/mol. The van der Waals surface area contributed by atoms with Crippen LogP contribution in [0.15, 0.2) is 85.1 Å². The highest BCUT2D eigenvalue weighted by Gasteiger charge is 2.22. The summed E-state index contributed by atoms with van der Waals surface area (Å²) in [4.78, 5) is 42.6. The zero-order valence-corrected chi connectivity index (χ0v) is 31.2. The van der Waals surface area contributed by atoms with E-state index in [9.17, 15) is 14.2 Å². The van der Waals surface area contributed by atoms with E-state index in [2.05, 4.69) is 91.3 Å². The van der Waals surface area contributed by atoms with Crippen LogP contribution in [-0.2, 0) is 28.2 Å². The summed E-state index contributed by atoms with van der Waals surface area (Å²) in [7, 11) is -4.77. The number of phosphoric ester groups is 1. The van der Waals surface area contributed by atoms with Gasteiger partial charge >= 0.3 is 19.8 Å². The normalized spacial score (nSPS) is 13.5. The molecule has 0 aromatic rings. The highest BCUT2D eigenvalue weighted by Crippen LogP contribution is 2.35. The first-order chi connectivity index (χ1) is 23.8. The van der Waals surface area contributed by atoms with Crippen molar-refractivity contribution in [2.45, 2.75) is 142 Å². The number of unbranched alkanes of at least 4 members (excludes halogenated alkanes) is 8. The standard InChI is InChI=1S/C40H65O8P/c1-3-5-7-9-11-13-15-17-18-19-20-21-22-23-25-26-28-30-32-34-39(41)46-36-38(37-47-49(43,44)45)48-40(42)35-33-31-29-27-24-16-14-12-10-8-6-4-2/h5,7,11-14,17-18,20-21,23,25,28,30,38H,3-4,6,8-10,15-16,19,22,24,26-27,29,31-37H2,1-2H3,(H2,43,44,45)/b7-5-,13-11-,14-12-,18-17-,21-20-,25-23-,30-28-/t38-/m1/s1. The first-order valence-electron chi connectivity index (χ1n) is 18.4. The fourth-order valence-electron chi connectivity index (χ4n) is 4.45. The van der Waals surface area contributed by atoms with Crippen LogP contribution in [0.3, 0.4) is 0 Å². The first-order valence-corrected chi connectivity index (χ1v) is 19.9. The first kappa shape index (κ1) is 46.2. The SMILES string of the molecule is CC/C=C\C/C=C\C/C=C\C/C=C\C/C=C\C/C=C\CCC(=O)OC[C@H](COP(=O)(O)O)OC(=O)CCCCCCC/C=C\CCCCC. The van der Waals surface area contributed by atoms with Gasteiger partial charge in [-0.1, -0.05) is 131 Å². The molecule has 0 heterocycles. The Morgan fingerprint density at radius 2 is 1.02 bits per heavy atom. The molecule has 0 aliphatic carbocycles. The van der Waals surface area contributed by atoms with E-state index in [1.165, 1.54) is 19.3 Å². The van der Waals surface area contributed by atoms with Gasteiger partial charge in [-0.25, -0.2) is 4.57 Å². The molecule has 278 valence electrons. The second-order valence-electron chi connectivity index (χ2n) is 11.8. The van der Waals surface area contributed by atoms with Gasteiger partial charge in [0.05, 0.1) is 6.61 Å². The number of phosphoric acid groups is 1. The second kappa shape index (κ2) is 35.1. The molecule has 0 bridgehead atoms. The molecule has 0 saturated carbocycles. The molecule has 0 aliphatic heterocycles. The molecule has 2 N–H and O–H groups in total. The largest absolute Gasteiger partial charge is 0.469 e. The maximum Gasteiger partial charge on any atom is 0.469 e. The number of hydrogen-bond acceptors (Lipinski definition) is 6. The zero-order chi connectivity index (χ0) is 36.1. The molecule has 0 aliphatic rings. The van der Waals surface area contributed by atoms with Gasteiger partial charge in [-0.2, -0.15) is 0 Å². The lowest BCUT2D eigenvalue weighted by Crippen LogP contribution is -2.29. The topological polar surface area (TPSA) is 119 Å². The van der Waals surface area contributed by atoms with E-state index in [1.54, 1.807) is 0 Å². The molecule has 0 aromatic heterocycles. The van der Waals surface area contributed by atoms with Crippen molar-refractivity contribution in [3.05, 3.63) is 85.1 Å². The number of carbonyl (C=O) groups is 2. The van der Waals surface area contributed by atoms with E-state index < -0.39 is 32.5 Å². The Morgan fingerprint density at radius 1 is 0.551 bits per heavy atom. The van der Waals surface area contributed by atoms with Crippen molar-refractivity contribution >= 4 is 19.8 Å². The van der Waals surface area contributed by atoms with Gasteiger partial charge in [0.1, 0.15) is 6.61 Å². The number of allylic oxidation sites excluding steroid dienone is 14. The van der Waals surface area contributed by atoms with Gasteiger partial charge < -0.3 is 19.3 Å². The van der Waals surface area contributed by atoms with Crippen LogP contribution in [0.1, 0.15) is 136 Å². The van der Waals surface area contributed by atoms with E-state index in [0.717, 1.165) is 77.0 Å². The Hall–Kier alpha value is -2.77. The fourth-order valence-corrected chi connectivity index (χ4v) is 4.81. The maximum atomic E-state index is 12.3. The van der Waals surface area contributed by atoms with Crippen LogP contribution in [0.2, 0.25) is 0 Å². The molecule has 9 heteroatoms. The van der Waals surface area contributed by atoms with Gasteiger partial charge in [-0.3, -0.25) is 14.1 Å². The summed E-state index contributed by atoms with van der Waals surface area (Å²) in [6, 6.07) is 0. The zero-order valence-electron chi connectivity index (χ0n) is 30.3. The summed E-state index contributed by atoms with van der Waals surface area (Å²) in [5, 5.41) is 0. The molecule has 0 aromatic carbocycles. The summed E-state index contributed by atoms with van der Waals surface area (Å²) in [5.74, 6) is -1.00. The Bertz CT molecular complexity index is 1060. The molecule has 0 saturated heterocycles. The van der Waals surface area contributed by atoms with Crippen LogP contribution < -0.4 is 0 Å². The number of esters is 2. The lowest BCUT2D eigenvalue weighted by molar-refractivity contribution is -0.161. The third kappa shape index (κ3) is 37.9. The summed E-state index contributed by atoms with van der Waals surface area (Å²) in [6.45, 7) is 3.44. The lowest BCUT2D eigenvalue weighted by atomic mass is 10.1. The van der Waals surface area contributed by atoms with Crippen LogP contribution in [0, 0.1) is 0 Å². The molecule has 0 unspecified atom stereocenters. The van der Waals surface area contributed by atoms with Crippen molar-refractivity contribution in [2.75, 3.05) is 13.2 Å². The third-order valence-corrected chi connectivity index (χ3v) is 7.65. The van der Waals surface area contributed by atoms with Crippen LogP contribution in [0.4, 0.5) is 0 Å². The van der Waals surface area contributed by atoms with Gasteiger partial charge in [-0.15, -0.1) is 0 Å². The Morgan fingerprint density at radius 3 is 1.55 bits per heavy atom. The van der Waals surface area contributed by atoms with Gasteiger partial charge in [0.25, 0.3) is 0 Å². The van der Waals surface area contributed by atoms with Crippen molar-refractivity contribution in [3.8, 4) is 0 Å². The van der Waals surface area contributed by atoms with Gasteiger partial charge in [0.15, 0.2) is 6.10 Å². The summed E-state index contributed by atoms with van der Waals surface area (Å²) < 4.78 is 26.2. The van der Waals surface area contributed by atoms with Crippen LogP contribution in [0.5, 0.6) is 0 Å². The molecular formula is C40H65O8P. The second-order valence-corrected chi connectivity index (χ2v) is 13.0. The maximum absolute atomic E-state index is 12.3. The summed E-state index contributed by atoms with van der Waals surface area (Å²) >= 11 is 0. The van der Waals surface area contributed by atoms with Crippen LogP contribution >= 0.6 is 7.82 Å². The predicted molar refractivity (Wildman–Crippen MR) is 202 cm³/mol. The highest BCUT2D eigenvalue weighted by atomic mass is 31.2. The molecule has 8 nitrogen and oxygen atoms in total. The van der Waals surface area contributed by atoms with E-state index in [4.69, 9.17) is 19.3 Å². The number of rotatable bonds is 32. The van der Waals surface area contributed by atoms with Gasteiger partial charge in [0, 0.05) is 12.8 Å². The van der Waals surface area contributed by atoms with Gasteiger partial charge in [-0.05, 0) is 77.0 Å². The molecule has 0 fully saturated rings. The highest BCUT2D eigenvalue weighted by molar-refractivity contribution is 7.46. The van der Waals surface area contributed by atoms with Crippen molar-refractivity contribution in [1.29, 1.82) is 0 Å². The van der Waals surface area contributed by atoms with E-state index in [-0.39, 0.29) is 19.4 Å². The van der Waals surface area contributed by atoms with E-state index >= 15 is 0 Å². The summed E-state index contributed by atoms with van der Waals surface area (Å²) in [6.07, 6.45) is 46.0. The fraction of sp³-hybridized carbons (Fsp3) is 0.600. The molecule has 0 amide bonds. The van der Waals surface area contributed by atoms with Gasteiger partial charge in [0.2, 0.25) is 0 Å². The molecule has 0 spiro atoms. The average molecular weight is 705 g/mol. The molecule has 1 atom stereocenters. The molecule has 0 radical (unpaired) electrons. The number of hydrogen-bond donors (Lipinski definition) is 2. The Kier molecular flexibility index (Phi) is 33.1. The predicted octanol–water partition coefficient (Wildman–Crippen LogP) is 10.9. The minimum atomic E-state index is -4.77. The molecular weight excluding hydrogens is 639 g/mol. The van der Waals surface area contributed by atoms with Crippen LogP contribution in [-0.4, -0.2) is 41.0 Å². The van der Waals surface area contributed by atoms with E-state index in [1.807, 2.05) is 12.2 Å². The van der Waals surface area contributed by atoms with Crippen molar-refractivity contribution in [3.63, 3.8) is 0 Å². The summed E-state index contributed by atoms with van der Waals surface area (Å²) in [5.41, 5.74) is 0. The van der Waals surface area contributed by atoms with Crippen LogP contribution in [0.25, 0.3) is 0 Å². The average Bonchev–Trinajstić information content (AvgIpc) is 3.07. The molecule has 49 heavy (non-hydrogen) atoms. The lowest BCUT2D eigenvalue weighted by Gasteiger charge is -2.18. The Labute approximate surface area is 297 Å². The molecule has 0 rings (SSSR count). The number of carbonyl (C=O) groups excluding carboxylic acids is 2. The smallest absolute Gasteiger partial charge is 0.462 e. The van der Waals surface area contributed by atoms with Crippen molar-refractivity contribution in [1.82, 2.24) is 0 Å². The van der Waals surface area contributed by atoms with E-state index in [0.29, 0.717) is 12.8 Å². The van der Waals surface area contributed by atoms with Crippen molar-refractivity contribution in [2.24, 2.45) is 0 Å². The minimum Gasteiger partial charge on any atom is -0.462 e. The third-order valence-electron chi connectivity index (χ3n) is 7.16. The Balaban J connectivity index is 4.14. The van der Waals surface area contributed by atoms with Crippen molar-refractivity contribution < 1.29 is 37.9 Å². The number of ether oxygens (including phenoxy) is 2.